The molecule has 0 aliphatic heterocycles. The van der Waals surface area contributed by atoms with Gasteiger partial charge in [-0.3, -0.25) is 4.79 Å². The number of hydrogen-bond acceptors (Lipinski definition) is 2. The Morgan fingerprint density at radius 1 is 1.38 bits per heavy atom. The van der Waals surface area contributed by atoms with Gasteiger partial charge in [-0.15, -0.1) is 0 Å². The molecule has 0 radical (unpaired) electrons. The second-order valence-corrected chi connectivity index (χ2v) is 5.69. The standard InChI is InChI=1S/C14H17BrF3NO2/c1-9(2)21-7-6-19(3)13(20)11-8-10(14(16,17)18)4-5-12(11)15/h4-5,8-9H,6-7H2,1-3H3. The summed E-state index contributed by atoms with van der Waals surface area (Å²) < 4.78 is 43.7. The number of ether oxygens (including phenoxy) is 1. The summed E-state index contributed by atoms with van der Waals surface area (Å²) in [6.45, 7) is 4.37. The van der Waals surface area contributed by atoms with Crippen LogP contribution in [-0.2, 0) is 10.9 Å². The number of nitrogens with zero attached hydrogens (tertiary/aromatic N) is 1. The van der Waals surface area contributed by atoms with Crippen LogP contribution in [0.15, 0.2) is 22.7 Å². The minimum absolute atomic E-state index is 0.0168. The largest absolute Gasteiger partial charge is 0.416 e. The Morgan fingerprint density at radius 3 is 2.52 bits per heavy atom. The molecule has 1 aromatic carbocycles. The molecule has 0 spiro atoms. The Bertz CT molecular complexity index is 503. The van der Waals surface area contributed by atoms with Crippen LogP contribution in [0.2, 0.25) is 0 Å². The van der Waals surface area contributed by atoms with Crippen LogP contribution in [0.25, 0.3) is 0 Å². The second-order valence-electron chi connectivity index (χ2n) is 4.84. The van der Waals surface area contributed by atoms with Crippen LogP contribution in [-0.4, -0.2) is 37.1 Å². The number of halogens is 4. The average Bonchev–Trinajstić information content (AvgIpc) is 2.36. The Kier molecular flexibility index (Phi) is 6.22. The maximum absolute atomic E-state index is 12.7. The summed E-state index contributed by atoms with van der Waals surface area (Å²) in [5, 5.41) is 0. The van der Waals surface area contributed by atoms with Crippen LogP contribution in [0, 0.1) is 0 Å². The van der Waals surface area contributed by atoms with Gasteiger partial charge in [-0.1, -0.05) is 0 Å². The van der Waals surface area contributed by atoms with Gasteiger partial charge in [0.25, 0.3) is 5.91 Å². The first-order valence-corrected chi connectivity index (χ1v) is 7.16. The van der Waals surface area contributed by atoms with E-state index in [0.29, 0.717) is 17.6 Å². The summed E-state index contributed by atoms with van der Waals surface area (Å²) >= 11 is 3.11. The van der Waals surface area contributed by atoms with E-state index in [0.717, 1.165) is 12.1 Å². The molecule has 1 rings (SSSR count). The molecule has 0 atom stereocenters. The summed E-state index contributed by atoms with van der Waals surface area (Å²) in [7, 11) is 1.53. The molecule has 1 amide bonds. The first-order chi connectivity index (χ1) is 9.62. The number of carbonyl (C=O) groups excluding carboxylic acids is 1. The molecule has 21 heavy (non-hydrogen) atoms. The molecule has 0 unspecified atom stereocenters. The van der Waals surface area contributed by atoms with Crippen molar-refractivity contribution in [3.05, 3.63) is 33.8 Å². The van der Waals surface area contributed by atoms with Crippen molar-refractivity contribution in [1.29, 1.82) is 0 Å². The fourth-order valence-corrected chi connectivity index (χ4v) is 2.01. The molecule has 0 N–H and O–H groups in total. The fraction of sp³-hybridized carbons (Fsp3) is 0.500. The monoisotopic (exact) mass is 367 g/mol. The van der Waals surface area contributed by atoms with Crippen molar-refractivity contribution in [1.82, 2.24) is 4.90 Å². The second kappa shape index (κ2) is 7.26. The molecule has 0 bridgehead atoms. The van der Waals surface area contributed by atoms with Gasteiger partial charge < -0.3 is 9.64 Å². The summed E-state index contributed by atoms with van der Waals surface area (Å²) in [4.78, 5) is 13.5. The highest BCUT2D eigenvalue weighted by atomic mass is 79.9. The third-order valence-electron chi connectivity index (χ3n) is 2.75. The van der Waals surface area contributed by atoms with E-state index in [9.17, 15) is 18.0 Å². The van der Waals surface area contributed by atoms with Crippen molar-refractivity contribution in [2.75, 3.05) is 20.2 Å². The van der Waals surface area contributed by atoms with Gasteiger partial charge >= 0.3 is 6.18 Å². The van der Waals surface area contributed by atoms with Crippen LogP contribution in [0.4, 0.5) is 13.2 Å². The van der Waals surface area contributed by atoms with Crippen LogP contribution in [0.3, 0.4) is 0 Å². The van der Waals surface area contributed by atoms with Crippen molar-refractivity contribution in [3.63, 3.8) is 0 Å². The highest BCUT2D eigenvalue weighted by molar-refractivity contribution is 9.10. The van der Waals surface area contributed by atoms with E-state index in [1.807, 2.05) is 13.8 Å². The molecule has 0 aromatic heterocycles. The molecule has 0 aliphatic carbocycles. The molecule has 1 aromatic rings. The Balaban J connectivity index is 2.86. The minimum Gasteiger partial charge on any atom is -0.377 e. The molecule has 0 saturated carbocycles. The van der Waals surface area contributed by atoms with Crippen molar-refractivity contribution in [2.24, 2.45) is 0 Å². The van der Waals surface area contributed by atoms with Gasteiger partial charge in [0.15, 0.2) is 0 Å². The SMILES string of the molecule is CC(C)OCCN(C)C(=O)c1cc(C(F)(F)F)ccc1Br. The number of hydrogen-bond donors (Lipinski definition) is 0. The smallest absolute Gasteiger partial charge is 0.377 e. The van der Waals surface area contributed by atoms with Crippen LogP contribution in [0.5, 0.6) is 0 Å². The highest BCUT2D eigenvalue weighted by Crippen LogP contribution is 2.32. The molecule has 118 valence electrons. The molecule has 0 saturated heterocycles. The lowest BCUT2D eigenvalue weighted by Gasteiger charge is -2.19. The Hall–Kier alpha value is -1.08. The number of benzene rings is 1. The van der Waals surface area contributed by atoms with E-state index >= 15 is 0 Å². The minimum atomic E-state index is -4.48. The third kappa shape index (κ3) is 5.32. The maximum atomic E-state index is 12.7. The summed E-state index contributed by atoms with van der Waals surface area (Å²) in [6, 6.07) is 3.02. The summed E-state index contributed by atoms with van der Waals surface area (Å²) in [6.07, 6.45) is -4.44. The topological polar surface area (TPSA) is 29.5 Å². The normalized spacial score (nSPS) is 11.8. The number of rotatable bonds is 5. The van der Waals surface area contributed by atoms with Crippen molar-refractivity contribution in [3.8, 4) is 0 Å². The number of amides is 1. The predicted molar refractivity (Wildman–Crippen MR) is 77.2 cm³/mol. The van der Waals surface area contributed by atoms with Gasteiger partial charge in [0.1, 0.15) is 0 Å². The predicted octanol–water partition coefficient (Wildman–Crippen LogP) is 3.96. The Labute approximate surface area is 130 Å². The lowest BCUT2D eigenvalue weighted by atomic mass is 10.1. The maximum Gasteiger partial charge on any atom is 0.416 e. The van der Waals surface area contributed by atoms with Crippen molar-refractivity contribution < 1.29 is 22.7 Å². The average molecular weight is 368 g/mol. The van der Waals surface area contributed by atoms with E-state index in [4.69, 9.17) is 4.74 Å². The van der Waals surface area contributed by atoms with E-state index in [2.05, 4.69) is 15.9 Å². The Morgan fingerprint density at radius 2 is 2.00 bits per heavy atom. The zero-order chi connectivity index (χ0) is 16.2. The molecule has 0 aliphatic rings. The number of carbonyl (C=O) groups is 1. The van der Waals surface area contributed by atoms with Gasteiger partial charge in [0, 0.05) is 18.1 Å². The molecule has 0 heterocycles. The first kappa shape index (κ1) is 18.0. The summed E-state index contributed by atoms with van der Waals surface area (Å²) in [5.41, 5.74) is -0.863. The van der Waals surface area contributed by atoms with E-state index in [-0.39, 0.29) is 11.7 Å². The molecule has 0 fully saturated rings. The molecular weight excluding hydrogens is 351 g/mol. The van der Waals surface area contributed by atoms with Crippen LogP contribution >= 0.6 is 15.9 Å². The van der Waals surface area contributed by atoms with E-state index < -0.39 is 17.6 Å². The van der Waals surface area contributed by atoms with Crippen molar-refractivity contribution >= 4 is 21.8 Å². The molecule has 3 nitrogen and oxygen atoms in total. The number of likely N-dealkylation sites (N-methyl/N-ethyl adjacent to an activating group) is 1. The van der Waals surface area contributed by atoms with Gasteiger partial charge in [-0.25, -0.2) is 0 Å². The summed E-state index contributed by atoms with van der Waals surface area (Å²) in [5.74, 6) is -0.486. The van der Waals surface area contributed by atoms with Gasteiger partial charge in [-0.2, -0.15) is 13.2 Å². The van der Waals surface area contributed by atoms with Crippen molar-refractivity contribution in [2.45, 2.75) is 26.1 Å². The van der Waals surface area contributed by atoms with Crippen LogP contribution < -0.4 is 0 Å². The zero-order valence-corrected chi connectivity index (χ0v) is 13.6. The fourth-order valence-electron chi connectivity index (χ4n) is 1.60. The van der Waals surface area contributed by atoms with E-state index in [1.165, 1.54) is 18.0 Å². The quantitative estimate of drug-likeness (QED) is 0.787. The molecular formula is C14H17BrF3NO2. The highest BCUT2D eigenvalue weighted by Gasteiger charge is 2.31. The first-order valence-electron chi connectivity index (χ1n) is 6.36. The third-order valence-corrected chi connectivity index (χ3v) is 3.44. The van der Waals surface area contributed by atoms with Gasteiger partial charge in [-0.05, 0) is 48.0 Å². The van der Waals surface area contributed by atoms with Crippen LogP contribution in [0.1, 0.15) is 29.8 Å². The van der Waals surface area contributed by atoms with Gasteiger partial charge in [0.05, 0.1) is 23.8 Å². The van der Waals surface area contributed by atoms with Gasteiger partial charge in [0.2, 0.25) is 0 Å². The zero-order valence-electron chi connectivity index (χ0n) is 12.0. The molecule has 7 heteroatoms. The van der Waals surface area contributed by atoms with E-state index in [1.54, 1.807) is 0 Å². The number of alkyl halides is 3. The lowest BCUT2D eigenvalue weighted by molar-refractivity contribution is -0.137. The lowest BCUT2D eigenvalue weighted by Crippen LogP contribution is -2.31.